The zero-order valence-electron chi connectivity index (χ0n) is 12.0. The number of nitrogens with zero attached hydrogens (tertiary/aromatic N) is 1. The number of aliphatic carboxylic acids is 1. The fourth-order valence-electron chi connectivity index (χ4n) is 2.00. The number of carbonyl (C=O) groups is 1. The van der Waals surface area contributed by atoms with Crippen molar-refractivity contribution in [2.24, 2.45) is 0 Å². The van der Waals surface area contributed by atoms with Crippen molar-refractivity contribution in [3.63, 3.8) is 0 Å². The molecule has 0 saturated carbocycles. The van der Waals surface area contributed by atoms with Crippen LogP contribution in [-0.2, 0) is 4.79 Å². The van der Waals surface area contributed by atoms with Crippen LogP contribution >= 0.6 is 0 Å². The van der Waals surface area contributed by atoms with Gasteiger partial charge >= 0.3 is 5.97 Å². The van der Waals surface area contributed by atoms with Crippen molar-refractivity contribution in [3.8, 4) is 11.5 Å². The molecule has 0 aliphatic carbocycles. The largest absolute Gasteiger partial charge is 0.493 e. The van der Waals surface area contributed by atoms with Crippen LogP contribution in [0.15, 0.2) is 18.2 Å². The summed E-state index contributed by atoms with van der Waals surface area (Å²) >= 11 is 0. The Kier molecular flexibility index (Phi) is 6.27. The predicted molar refractivity (Wildman–Crippen MR) is 74.3 cm³/mol. The summed E-state index contributed by atoms with van der Waals surface area (Å²) in [6.45, 7) is 2.53. The lowest BCUT2D eigenvalue weighted by Gasteiger charge is -2.24. The van der Waals surface area contributed by atoms with E-state index in [9.17, 15) is 9.90 Å². The summed E-state index contributed by atoms with van der Waals surface area (Å²) < 4.78 is 10.6. The summed E-state index contributed by atoms with van der Waals surface area (Å²) in [5.74, 6) is 0.0906. The van der Waals surface area contributed by atoms with Gasteiger partial charge in [-0.3, -0.25) is 9.69 Å². The molecule has 0 radical (unpaired) electrons. The van der Waals surface area contributed by atoms with Crippen molar-refractivity contribution in [2.75, 3.05) is 33.9 Å². The van der Waals surface area contributed by atoms with Crippen LogP contribution in [0, 0.1) is 0 Å². The number of aliphatic hydroxyl groups excluding tert-OH is 1. The monoisotopic (exact) mass is 283 g/mol. The second-order valence-corrected chi connectivity index (χ2v) is 4.29. The van der Waals surface area contributed by atoms with Gasteiger partial charge in [0, 0.05) is 6.54 Å². The number of likely N-dealkylation sites (N-methyl/N-ethyl adjacent to an activating group) is 1. The number of rotatable bonds is 8. The van der Waals surface area contributed by atoms with Gasteiger partial charge in [0.05, 0.1) is 20.3 Å². The molecule has 1 atom stereocenters. The Morgan fingerprint density at radius 1 is 1.40 bits per heavy atom. The maximum atomic E-state index is 11.4. The summed E-state index contributed by atoms with van der Waals surface area (Å²) in [4.78, 5) is 13.0. The summed E-state index contributed by atoms with van der Waals surface area (Å²) in [7, 11) is 3.16. The molecule has 0 saturated heterocycles. The molecule has 6 heteroatoms. The second kappa shape index (κ2) is 7.72. The van der Waals surface area contributed by atoms with Gasteiger partial charge in [0.1, 0.15) is 6.04 Å². The summed E-state index contributed by atoms with van der Waals surface area (Å²) in [5.41, 5.74) is 0.578. The molecule has 0 aliphatic rings. The van der Waals surface area contributed by atoms with E-state index in [4.69, 9.17) is 14.6 Å². The molecule has 1 rings (SSSR count). The highest BCUT2D eigenvalue weighted by atomic mass is 16.5. The standard InChI is InChI=1S/C14H21NO5/c1-4-20-11-6-5-10(9-12(11)19-3)13(14(17)18)15(2)7-8-16/h5-6,9,13,16H,4,7-8H2,1-3H3,(H,17,18). The van der Waals surface area contributed by atoms with Crippen molar-refractivity contribution in [1.29, 1.82) is 0 Å². The number of ether oxygens (including phenoxy) is 2. The van der Waals surface area contributed by atoms with Gasteiger partial charge in [0.25, 0.3) is 0 Å². The Morgan fingerprint density at radius 2 is 2.10 bits per heavy atom. The first-order valence-electron chi connectivity index (χ1n) is 6.39. The van der Waals surface area contributed by atoms with Gasteiger partial charge < -0.3 is 19.7 Å². The highest BCUT2D eigenvalue weighted by molar-refractivity contribution is 5.76. The Bertz CT molecular complexity index is 449. The second-order valence-electron chi connectivity index (χ2n) is 4.29. The molecule has 0 heterocycles. The zero-order chi connectivity index (χ0) is 15.1. The fourth-order valence-corrected chi connectivity index (χ4v) is 2.00. The van der Waals surface area contributed by atoms with Gasteiger partial charge in [-0.15, -0.1) is 0 Å². The van der Waals surface area contributed by atoms with Gasteiger partial charge in [-0.2, -0.15) is 0 Å². The maximum Gasteiger partial charge on any atom is 0.325 e. The fraction of sp³-hybridized carbons (Fsp3) is 0.500. The summed E-state index contributed by atoms with van der Waals surface area (Å²) in [6.07, 6.45) is 0. The number of benzene rings is 1. The molecule has 2 N–H and O–H groups in total. The van der Waals surface area contributed by atoms with E-state index in [0.29, 0.717) is 23.7 Å². The molecule has 1 aromatic carbocycles. The number of methoxy groups -OCH3 is 1. The lowest BCUT2D eigenvalue weighted by Crippen LogP contribution is -2.33. The minimum atomic E-state index is -0.979. The molecule has 0 bridgehead atoms. The average Bonchev–Trinajstić information content (AvgIpc) is 2.40. The molecule has 1 unspecified atom stereocenters. The van der Waals surface area contributed by atoms with Gasteiger partial charge in [-0.1, -0.05) is 6.07 Å². The maximum absolute atomic E-state index is 11.4. The molecule has 1 aromatic rings. The average molecular weight is 283 g/mol. The van der Waals surface area contributed by atoms with E-state index in [2.05, 4.69) is 0 Å². The molecule has 0 fully saturated rings. The van der Waals surface area contributed by atoms with Crippen LogP contribution in [0.25, 0.3) is 0 Å². The van der Waals surface area contributed by atoms with Crippen molar-refractivity contribution in [2.45, 2.75) is 13.0 Å². The molecule has 0 aliphatic heterocycles. The normalized spacial score (nSPS) is 12.2. The Morgan fingerprint density at radius 3 is 2.60 bits per heavy atom. The number of carboxylic acid groups (broad SMARTS) is 1. The molecule has 0 amide bonds. The minimum Gasteiger partial charge on any atom is -0.493 e. The molecule has 0 spiro atoms. The third-order valence-electron chi connectivity index (χ3n) is 2.93. The topological polar surface area (TPSA) is 79.2 Å². The Hall–Kier alpha value is -1.79. The first kappa shape index (κ1) is 16.3. The van der Waals surface area contributed by atoms with E-state index in [1.165, 1.54) is 7.11 Å². The smallest absolute Gasteiger partial charge is 0.325 e. The quantitative estimate of drug-likeness (QED) is 0.745. The van der Waals surface area contributed by atoms with Gasteiger partial charge in [-0.25, -0.2) is 0 Å². The van der Waals surface area contributed by atoms with Gasteiger partial charge in [-0.05, 0) is 31.7 Å². The lowest BCUT2D eigenvalue weighted by molar-refractivity contribution is -0.143. The number of carboxylic acids is 1. The third-order valence-corrected chi connectivity index (χ3v) is 2.93. The zero-order valence-corrected chi connectivity index (χ0v) is 12.0. The minimum absolute atomic E-state index is 0.103. The van der Waals surface area contributed by atoms with E-state index >= 15 is 0 Å². The highest BCUT2D eigenvalue weighted by Crippen LogP contribution is 2.32. The molecule has 6 nitrogen and oxygen atoms in total. The highest BCUT2D eigenvalue weighted by Gasteiger charge is 2.25. The van der Waals surface area contributed by atoms with Crippen LogP contribution in [0.3, 0.4) is 0 Å². The van der Waals surface area contributed by atoms with E-state index in [-0.39, 0.29) is 13.2 Å². The van der Waals surface area contributed by atoms with Crippen molar-refractivity contribution < 1.29 is 24.5 Å². The van der Waals surface area contributed by atoms with Crippen LogP contribution in [-0.4, -0.2) is 55.0 Å². The Labute approximate surface area is 118 Å². The molecule has 20 heavy (non-hydrogen) atoms. The van der Waals surface area contributed by atoms with E-state index < -0.39 is 12.0 Å². The summed E-state index contributed by atoms with van der Waals surface area (Å²) in [6, 6.07) is 4.20. The van der Waals surface area contributed by atoms with Crippen LogP contribution in [0.2, 0.25) is 0 Å². The lowest BCUT2D eigenvalue weighted by atomic mass is 10.0. The van der Waals surface area contributed by atoms with Crippen LogP contribution in [0.4, 0.5) is 0 Å². The SMILES string of the molecule is CCOc1ccc(C(C(=O)O)N(C)CCO)cc1OC. The predicted octanol–water partition coefficient (Wildman–Crippen LogP) is 1.14. The van der Waals surface area contributed by atoms with E-state index in [0.717, 1.165) is 0 Å². The molecular formula is C14H21NO5. The first-order valence-corrected chi connectivity index (χ1v) is 6.39. The molecular weight excluding hydrogens is 262 g/mol. The van der Waals surface area contributed by atoms with Crippen molar-refractivity contribution >= 4 is 5.97 Å². The number of hydrogen-bond donors (Lipinski definition) is 2. The van der Waals surface area contributed by atoms with Crippen LogP contribution in [0.1, 0.15) is 18.5 Å². The van der Waals surface area contributed by atoms with Crippen molar-refractivity contribution in [3.05, 3.63) is 23.8 Å². The van der Waals surface area contributed by atoms with E-state index in [1.54, 1.807) is 30.1 Å². The number of aliphatic hydroxyl groups is 1. The van der Waals surface area contributed by atoms with Crippen LogP contribution in [0.5, 0.6) is 11.5 Å². The first-order chi connectivity index (χ1) is 9.54. The van der Waals surface area contributed by atoms with Gasteiger partial charge in [0.15, 0.2) is 11.5 Å². The third kappa shape index (κ3) is 3.85. The Balaban J connectivity index is 3.11. The molecule has 112 valence electrons. The summed E-state index contributed by atoms with van der Waals surface area (Å²) in [5, 5.41) is 18.3. The molecule has 0 aromatic heterocycles. The van der Waals surface area contributed by atoms with Crippen molar-refractivity contribution in [1.82, 2.24) is 4.90 Å². The van der Waals surface area contributed by atoms with Crippen LogP contribution < -0.4 is 9.47 Å². The van der Waals surface area contributed by atoms with E-state index in [1.807, 2.05) is 6.92 Å². The van der Waals surface area contributed by atoms with Gasteiger partial charge in [0.2, 0.25) is 0 Å². The number of hydrogen-bond acceptors (Lipinski definition) is 5.